The predicted octanol–water partition coefficient (Wildman–Crippen LogP) is 4.24. The lowest BCUT2D eigenvalue weighted by molar-refractivity contribution is -0.605. The first-order valence-corrected chi connectivity index (χ1v) is 11.1. The van der Waals surface area contributed by atoms with Crippen molar-refractivity contribution in [1.82, 2.24) is 9.78 Å². The minimum Gasteiger partial charge on any atom is -0.619 e. The van der Waals surface area contributed by atoms with Crippen LogP contribution in [0.1, 0.15) is 19.8 Å². The molecule has 0 bridgehead atoms. The number of halogens is 4. The lowest BCUT2D eigenvalue weighted by atomic mass is 10.3. The molecule has 0 aliphatic heterocycles. The molecule has 0 saturated heterocycles. The zero-order valence-corrected chi connectivity index (χ0v) is 17.2. The summed E-state index contributed by atoms with van der Waals surface area (Å²) in [5.74, 6) is 0.132. The van der Waals surface area contributed by atoms with Gasteiger partial charge in [-0.2, -0.15) is 23.0 Å². The van der Waals surface area contributed by atoms with Gasteiger partial charge in [-0.05, 0) is 13.0 Å². The minimum atomic E-state index is -4.16. The number of alkyl halides is 3. The summed E-state index contributed by atoms with van der Waals surface area (Å²) in [5, 5.41) is 15.7. The Kier molecular flexibility index (Phi) is 8.32. The molecule has 0 unspecified atom stereocenters. The van der Waals surface area contributed by atoms with E-state index >= 15 is 0 Å². The van der Waals surface area contributed by atoms with Crippen LogP contribution in [-0.4, -0.2) is 39.9 Å². The smallest absolute Gasteiger partial charge is 0.389 e. The van der Waals surface area contributed by atoms with Gasteiger partial charge < -0.3 is 10.1 Å². The number of carbonyl (C=O) groups is 1. The number of rotatable bonds is 9. The van der Waals surface area contributed by atoms with Crippen LogP contribution >= 0.6 is 33.2 Å². The maximum atomic E-state index is 12.5. The summed E-state index contributed by atoms with van der Waals surface area (Å²) in [5.41, 5.74) is 0.899. The molecular formula is C16H18ClF3N4O2S2. The van der Waals surface area contributed by atoms with Crippen LogP contribution < -0.4 is 9.63 Å². The normalized spacial score (nSPS) is 11.6. The van der Waals surface area contributed by atoms with Gasteiger partial charge in [-0.3, -0.25) is 4.79 Å². The molecule has 0 spiro atoms. The number of pyridine rings is 1. The van der Waals surface area contributed by atoms with Gasteiger partial charge in [0.2, 0.25) is 12.1 Å². The summed E-state index contributed by atoms with van der Waals surface area (Å²) in [6, 6.07) is 3.24. The molecule has 2 rings (SSSR count). The second kappa shape index (κ2) is 10.3. The van der Waals surface area contributed by atoms with Crippen LogP contribution in [0.3, 0.4) is 0 Å². The summed E-state index contributed by atoms with van der Waals surface area (Å²) in [6.45, 7) is 2.14. The van der Waals surface area contributed by atoms with Crippen LogP contribution in [0.25, 0.3) is 5.69 Å². The third kappa shape index (κ3) is 6.78. The first-order valence-electron chi connectivity index (χ1n) is 8.27. The van der Waals surface area contributed by atoms with Crippen molar-refractivity contribution in [2.75, 3.05) is 23.0 Å². The van der Waals surface area contributed by atoms with Crippen molar-refractivity contribution in [3.63, 3.8) is 0 Å². The monoisotopic (exact) mass is 454 g/mol. The molecule has 6 nitrogen and oxygen atoms in total. The molecule has 0 atom stereocenters. The van der Waals surface area contributed by atoms with E-state index in [4.69, 9.17) is 11.6 Å². The predicted molar refractivity (Wildman–Crippen MR) is 106 cm³/mol. The molecule has 0 aliphatic rings. The number of nitrogens with zero attached hydrogens (tertiary/aromatic N) is 4. The maximum Gasteiger partial charge on any atom is 0.389 e. The molecule has 0 N–H and O–H groups in total. The molecule has 2 heterocycles. The van der Waals surface area contributed by atoms with E-state index in [1.54, 1.807) is 25.3 Å². The molecule has 28 heavy (non-hydrogen) atoms. The van der Waals surface area contributed by atoms with Crippen molar-refractivity contribution >= 4 is 44.8 Å². The largest absolute Gasteiger partial charge is 0.619 e. The highest BCUT2D eigenvalue weighted by atomic mass is 35.5. The first kappa shape index (κ1) is 22.7. The SMILES string of the molecule is CCN(C(=O)CCSSCCC(F)(F)F)c1cn(-c2ccc[n+]([O-])c2)nc1Cl. The lowest BCUT2D eigenvalue weighted by Crippen LogP contribution is -2.30. The quantitative estimate of drug-likeness (QED) is 0.245. The van der Waals surface area contributed by atoms with Crippen LogP contribution in [0.15, 0.2) is 30.7 Å². The Labute approximate surface area is 173 Å². The highest BCUT2D eigenvalue weighted by Crippen LogP contribution is 2.30. The van der Waals surface area contributed by atoms with E-state index in [1.807, 2.05) is 0 Å². The van der Waals surface area contributed by atoms with Crippen LogP contribution in [0.5, 0.6) is 0 Å². The van der Waals surface area contributed by atoms with Gasteiger partial charge in [-0.1, -0.05) is 33.2 Å². The number of anilines is 1. The Morgan fingerprint density at radius 1 is 1.39 bits per heavy atom. The van der Waals surface area contributed by atoms with E-state index in [0.29, 0.717) is 28.4 Å². The second-order valence-corrected chi connectivity index (χ2v) is 8.63. The van der Waals surface area contributed by atoms with Crippen LogP contribution in [0, 0.1) is 5.21 Å². The van der Waals surface area contributed by atoms with E-state index in [2.05, 4.69) is 5.10 Å². The highest BCUT2D eigenvalue weighted by Gasteiger charge is 2.26. The average Bonchev–Trinajstić information content (AvgIpc) is 2.99. The van der Waals surface area contributed by atoms with Gasteiger partial charge in [0.25, 0.3) is 0 Å². The molecule has 1 amide bonds. The number of aromatic nitrogens is 3. The molecule has 2 aromatic rings. The van der Waals surface area contributed by atoms with Crippen LogP contribution in [0.4, 0.5) is 18.9 Å². The Morgan fingerprint density at radius 2 is 2.11 bits per heavy atom. The van der Waals surface area contributed by atoms with Gasteiger partial charge in [-0.15, -0.1) is 0 Å². The Bertz CT molecular complexity index is 804. The molecule has 12 heteroatoms. The number of hydrogen-bond acceptors (Lipinski definition) is 5. The fourth-order valence-electron chi connectivity index (χ4n) is 2.26. The lowest BCUT2D eigenvalue weighted by Gasteiger charge is -2.19. The number of amides is 1. The third-order valence-electron chi connectivity index (χ3n) is 3.54. The van der Waals surface area contributed by atoms with Gasteiger partial charge in [0.1, 0.15) is 11.4 Å². The van der Waals surface area contributed by atoms with Gasteiger partial charge in [0, 0.05) is 30.5 Å². The molecule has 0 fully saturated rings. The summed E-state index contributed by atoms with van der Waals surface area (Å²) < 4.78 is 38.3. The summed E-state index contributed by atoms with van der Waals surface area (Å²) >= 11 is 6.17. The Balaban J connectivity index is 1.94. The van der Waals surface area contributed by atoms with Crippen molar-refractivity contribution in [2.24, 2.45) is 0 Å². The van der Waals surface area contributed by atoms with Crippen molar-refractivity contribution in [3.8, 4) is 5.69 Å². The molecule has 154 valence electrons. The van der Waals surface area contributed by atoms with Crippen molar-refractivity contribution < 1.29 is 22.7 Å². The van der Waals surface area contributed by atoms with Crippen molar-refractivity contribution in [2.45, 2.75) is 25.9 Å². The van der Waals surface area contributed by atoms with Crippen LogP contribution in [-0.2, 0) is 4.79 Å². The molecule has 0 aliphatic carbocycles. The average molecular weight is 455 g/mol. The van der Waals surface area contributed by atoms with Crippen LogP contribution in [0.2, 0.25) is 5.15 Å². The van der Waals surface area contributed by atoms with E-state index in [9.17, 15) is 23.2 Å². The minimum absolute atomic E-state index is 0.0464. The molecular weight excluding hydrogens is 437 g/mol. The second-order valence-electron chi connectivity index (χ2n) is 5.57. The summed E-state index contributed by atoms with van der Waals surface area (Å²) in [7, 11) is 2.33. The fraction of sp³-hybridized carbons (Fsp3) is 0.438. The zero-order valence-electron chi connectivity index (χ0n) is 14.9. The molecule has 0 aromatic carbocycles. The van der Waals surface area contributed by atoms with Gasteiger partial charge in [0.15, 0.2) is 11.3 Å². The van der Waals surface area contributed by atoms with Gasteiger partial charge in [-0.25, -0.2) is 4.68 Å². The maximum absolute atomic E-state index is 12.5. The van der Waals surface area contributed by atoms with Crippen molar-refractivity contribution in [3.05, 3.63) is 41.1 Å². The van der Waals surface area contributed by atoms with E-state index in [1.165, 1.54) is 32.8 Å². The van der Waals surface area contributed by atoms with E-state index in [0.717, 1.165) is 10.8 Å². The van der Waals surface area contributed by atoms with Crippen molar-refractivity contribution in [1.29, 1.82) is 0 Å². The Morgan fingerprint density at radius 3 is 2.75 bits per heavy atom. The summed E-state index contributed by atoms with van der Waals surface area (Å²) in [6.07, 6.45) is -0.641. The van der Waals surface area contributed by atoms with Gasteiger partial charge >= 0.3 is 6.18 Å². The molecule has 0 radical (unpaired) electrons. The standard InChI is InChI=1S/C16H18ClF3N4O2S2/c1-2-23(14(25)5-8-27-28-9-6-16(18,19)20)13-11-24(21-15(13)17)12-4-3-7-22(26)10-12/h3-4,7,10-11H,2,5-6,8-9H2,1H3. The van der Waals surface area contributed by atoms with E-state index < -0.39 is 12.6 Å². The topological polar surface area (TPSA) is 65.1 Å². The number of carbonyl (C=O) groups excluding carboxylic acids is 1. The fourth-order valence-corrected chi connectivity index (χ4v) is 4.50. The molecule has 0 saturated carbocycles. The third-order valence-corrected chi connectivity index (χ3v) is 6.21. The molecule has 2 aromatic heterocycles. The number of hydrogen-bond donors (Lipinski definition) is 0. The first-order chi connectivity index (χ1) is 13.2. The van der Waals surface area contributed by atoms with Gasteiger partial charge in [0.05, 0.1) is 12.6 Å². The highest BCUT2D eigenvalue weighted by molar-refractivity contribution is 8.76. The van der Waals surface area contributed by atoms with E-state index in [-0.39, 0.29) is 23.2 Å². The zero-order chi connectivity index (χ0) is 20.7. The summed E-state index contributed by atoms with van der Waals surface area (Å²) in [4.78, 5) is 14.0. The Hall–Kier alpha value is -1.59.